The second kappa shape index (κ2) is 6.35. The van der Waals surface area contributed by atoms with Gasteiger partial charge in [-0.25, -0.2) is 9.97 Å². The lowest BCUT2D eigenvalue weighted by atomic mass is 10.2. The number of nitrogens with zero attached hydrogens (tertiary/aromatic N) is 2. The third-order valence-corrected chi connectivity index (χ3v) is 3.93. The van der Waals surface area contributed by atoms with E-state index in [0.29, 0.717) is 5.75 Å². The van der Waals surface area contributed by atoms with Gasteiger partial charge in [-0.2, -0.15) is 0 Å². The third-order valence-electron chi connectivity index (χ3n) is 3.26. The second-order valence-electron chi connectivity index (χ2n) is 4.57. The molecule has 0 atom stereocenters. The van der Waals surface area contributed by atoms with Crippen LogP contribution in [0.4, 0.5) is 11.5 Å². The Kier molecular flexibility index (Phi) is 4.28. The summed E-state index contributed by atoms with van der Waals surface area (Å²) in [5.41, 5.74) is 1.72. The van der Waals surface area contributed by atoms with E-state index in [-0.39, 0.29) is 0 Å². The number of aromatic nitrogens is 2. The van der Waals surface area contributed by atoms with E-state index >= 15 is 0 Å². The maximum absolute atomic E-state index is 5.41. The summed E-state index contributed by atoms with van der Waals surface area (Å²) < 4.78 is 11.8. The molecule has 2 aromatic carbocycles. The van der Waals surface area contributed by atoms with Crippen LogP contribution in [0.2, 0.25) is 0 Å². The topological polar surface area (TPSA) is 56.3 Å². The first kappa shape index (κ1) is 14.8. The highest BCUT2D eigenvalue weighted by Crippen LogP contribution is 2.32. The molecule has 1 heterocycles. The number of methoxy groups -OCH3 is 2. The Morgan fingerprint density at radius 3 is 2.64 bits per heavy atom. The van der Waals surface area contributed by atoms with Crippen LogP contribution in [-0.4, -0.2) is 24.2 Å². The highest BCUT2D eigenvalue weighted by molar-refractivity contribution is 14.1. The molecule has 22 heavy (non-hydrogen) atoms. The smallest absolute Gasteiger partial charge is 0.146 e. The van der Waals surface area contributed by atoms with Crippen LogP contribution in [-0.2, 0) is 0 Å². The first-order valence-corrected chi connectivity index (χ1v) is 7.68. The molecular formula is C16H14IN3O2. The van der Waals surface area contributed by atoms with Crippen LogP contribution in [0.15, 0.2) is 42.7 Å². The molecule has 5 nitrogen and oxygen atoms in total. The lowest BCUT2D eigenvalue weighted by Crippen LogP contribution is -1.99. The molecular weight excluding hydrogens is 393 g/mol. The fraction of sp³-hybridized carbons (Fsp3) is 0.125. The van der Waals surface area contributed by atoms with Crippen molar-refractivity contribution in [3.05, 3.63) is 46.3 Å². The molecule has 0 saturated heterocycles. The van der Waals surface area contributed by atoms with Crippen molar-refractivity contribution >= 4 is 45.0 Å². The SMILES string of the molecule is COc1ccc(Nc2ncnc3ccc(I)cc23)c(OC)c1. The van der Waals surface area contributed by atoms with Gasteiger partial charge in [0.2, 0.25) is 0 Å². The molecule has 1 N–H and O–H groups in total. The number of halogens is 1. The number of nitrogens with one attached hydrogen (secondary N) is 1. The normalized spacial score (nSPS) is 10.5. The summed E-state index contributed by atoms with van der Waals surface area (Å²) in [7, 11) is 3.25. The number of anilines is 2. The summed E-state index contributed by atoms with van der Waals surface area (Å²) in [5.74, 6) is 2.17. The predicted molar refractivity (Wildman–Crippen MR) is 95.1 cm³/mol. The van der Waals surface area contributed by atoms with E-state index in [2.05, 4.69) is 37.9 Å². The van der Waals surface area contributed by atoms with Gasteiger partial charge in [-0.05, 0) is 52.9 Å². The summed E-state index contributed by atoms with van der Waals surface area (Å²) in [4.78, 5) is 8.64. The molecule has 0 spiro atoms. The van der Waals surface area contributed by atoms with E-state index in [1.54, 1.807) is 20.5 Å². The molecule has 0 amide bonds. The van der Waals surface area contributed by atoms with Gasteiger partial charge in [0.15, 0.2) is 0 Å². The zero-order valence-corrected chi connectivity index (χ0v) is 14.3. The first-order chi connectivity index (χ1) is 10.7. The fourth-order valence-electron chi connectivity index (χ4n) is 2.16. The van der Waals surface area contributed by atoms with Gasteiger partial charge in [0.05, 0.1) is 25.4 Å². The minimum absolute atomic E-state index is 0.691. The Bertz CT molecular complexity index is 824. The van der Waals surface area contributed by atoms with E-state index in [9.17, 15) is 0 Å². The van der Waals surface area contributed by atoms with Gasteiger partial charge in [-0.1, -0.05) is 0 Å². The monoisotopic (exact) mass is 407 g/mol. The van der Waals surface area contributed by atoms with E-state index in [4.69, 9.17) is 9.47 Å². The molecule has 0 aliphatic rings. The molecule has 0 radical (unpaired) electrons. The minimum Gasteiger partial charge on any atom is -0.497 e. The number of hydrogen-bond donors (Lipinski definition) is 1. The molecule has 3 aromatic rings. The molecule has 0 unspecified atom stereocenters. The van der Waals surface area contributed by atoms with Crippen molar-refractivity contribution in [1.82, 2.24) is 9.97 Å². The van der Waals surface area contributed by atoms with Crippen molar-refractivity contribution in [2.24, 2.45) is 0 Å². The summed E-state index contributed by atoms with van der Waals surface area (Å²) in [6, 6.07) is 11.7. The molecule has 0 bridgehead atoms. The summed E-state index contributed by atoms with van der Waals surface area (Å²) in [6.45, 7) is 0. The first-order valence-electron chi connectivity index (χ1n) is 6.60. The van der Waals surface area contributed by atoms with E-state index in [1.165, 1.54) is 0 Å². The Morgan fingerprint density at radius 1 is 1.00 bits per heavy atom. The highest BCUT2D eigenvalue weighted by atomic mass is 127. The van der Waals surface area contributed by atoms with Crippen LogP contribution in [0.1, 0.15) is 0 Å². The van der Waals surface area contributed by atoms with Crippen molar-refractivity contribution in [3.63, 3.8) is 0 Å². The van der Waals surface area contributed by atoms with Crippen molar-refractivity contribution < 1.29 is 9.47 Å². The largest absolute Gasteiger partial charge is 0.497 e. The van der Waals surface area contributed by atoms with Crippen LogP contribution in [0.3, 0.4) is 0 Å². The molecule has 112 valence electrons. The second-order valence-corrected chi connectivity index (χ2v) is 5.82. The van der Waals surface area contributed by atoms with Crippen LogP contribution in [0.5, 0.6) is 11.5 Å². The highest BCUT2D eigenvalue weighted by Gasteiger charge is 2.09. The fourth-order valence-corrected chi connectivity index (χ4v) is 2.65. The standard InChI is InChI=1S/C16H14IN3O2/c1-21-11-4-6-14(15(8-11)22-2)20-16-12-7-10(17)3-5-13(12)18-9-19-16/h3-9H,1-2H3,(H,18,19,20). The van der Waals surface area contributed by atoms with E-state index < -0.39 is 0 Å². The van der Waals surface area contributed by atoms with Crippen LogP contribution in [0.25, 0.3) is 10.9 Å². The Hall–Kier alpha value is -2.09. The summed E-state index contributed by atoms with van der Waals surface area (Å²) >= 11 is 2.27. The van der Waals surface area contributed by atoms with Crippen LogP contribution in [0, 0.1) is 3.57 Å². The number of rotatable bonds is 4. The van der Waals surface area contributed by atoms with Crippen molar-refractivity contribution in [3.8, 4) is 11.5 Å². The maximum atomic E-state index is 5.41. The van der Waals surface area contributed by atoms with Gasteiger partial charge in [0, 0.05) is 15.0 Å². The maximum Gasteiger partial charge on any atom is 0.146 e. The average molecular weight is 407 g/mol. The predicted octanol–water partition coefficient (Wildman–Crippen LogP) is 4.00. The van der Waals surface area contributed by atoms with Gasteiger partial charge in [0.25, 0.3) is 0 Å². The summed E-state index contributed by atoms with van der Waals surface area (Å²) in [5, 5.41) is 4.28. The zero-order chi connectivity index (χ0) is 15.5. The number of benzene rings is 2. The van der Waals surface area contributed by atoms with Crippen molar-refractivity contribution in [2.45, 2.75) is 0 Å². The molecule has 0 saturated carbocycles. The molecule has 6 heteroatoms. The quantitative estimate of drug-likeness (QED) is 0.663. The number of ether oxygens (including phenoxy) is 2. The molecule has 0 aliphatic heterocycles. The van der Waals surface area contributed by atoms with Gasteiger partial charge >= 0.3 is 0 Å². The zero-order valence-electron chi connectivity index (χ0n) is 12.1. The molecule has 3 rings (SSSR count). The molecule has 1 aromatic heterocycles. The Balaban J connectivity index is 2.05. The Labute approximate surface area is 141 Å². The van der Waals surface area contributed by atoms with Crippen LogP contribution < -0.4 is 14.8 Å². The average Bonchev–Trinajstić information content (AvgIpc) is 2.55. The van der Waals surface area contributed by atoms with E-state index in [0.717, 1.165) is 31.7 Å². The lowest BCUT2D eigenvalue weighted by Gasteiger charge is -2.13. The third kappa shape index (κ3) is 2.92. The molecule has 0 fully saturated rings. The summed E-state index contributed by atoms with van der Waals surface area (Å²) in [6.07, 6.45) is 1.55. The Morgan fingerprint density at radius 2 is 1.86 bits per heavy atom. The molecule has 0 aliphatic carbocycles. The van der Waals surface area contributed by atoms with Crippen molar-refractivity contribution in [1.29, 1.82) is 0 Å². The number of hydrogen-bond acceptors (Lipinski definition) is 5. The van der Waals surface area contributed by atoms with Gasteiger partial charge in [-0.15, -0.1) is 0 Å². The van der Waals surface area contributed by atoms with Crippen molar-refractivity contribution in [2.75, 3.05) is 19.5 Å². The van der Waals surface area contributed by atoms with Gasteiger partial charge in [-0.3, -0.25) is 0 Å². The minimum atomic E-state index is 0.691. The lowest BCUT2D eigenvalue weighted by molar-refractivity contribution is 0.395. The van der Waals surface area contributed by atoms with Gasteiger partial charge < -0.3 is 14.8 Å². The van der Waals surface area contributed by atoms with Gasteiger partial charge in [0.1, 0.15) is 23.6 Å². The van der Waals surface area contributed by atoms with Crippen LogP contribution >= 0.6 is 22.6 Å². The van der Waals surface area contributed by atoms with E-state index in [1.807, 2.05) is 36.4 Å². The number of fused-ring (bicyclic) bond motifs is 1.